The second-order valence-electron chi connectivity index (χ2n) is 8.85. The minimum absolute atomic E-state index is 0.0482. The van der Waals surface area contributed by atoms with Crippen LogP contribution < -0.4 is 4.74 Å². The fraction of sp³-hybridized carbons (Fsp3) is 0.310. The predicted molar refractivity (Wildman–Crippen MR) is 134 cm³/mol. The molecule has 3 aromatic carbocycles. The van der Waals surface area contributed by atoms with Crippen molar-refractivity contribution in [2.24, 2.45) is 5.92 Å². The Bertz CT molecular complexity index is 1220. The lowest BCUT2D eigenvalue weighted by Crippen LogP contribution is -2.21. The number of ether oxygens (including phenoxy) is 2. The molecule has 2 nitrogen and oxygen atoms in total. The van der Waals surface area contributed by atoms with Crippen LogP contribution in [0.2, 0.25) is 6.32 Å². The van der Waals surface area contributed by atoms with Crippen molar-refractivity contribution in [1.29, 1.82) is 0 Å². The van der Waals surface area contributed by atoms with Crippen LogP contribution in [0, 0.1) is 29.2 Å². The van der Waals surface area contributed by atoms with Gasteiger partial charge in [-0.1, -0.05) is 54.9 Å². The molecule has 2 radical (unpaired) electrons. The first-order valence-electron chi connectivity index (χ1n) is 12.1. The maximum atomic E-state index is 15.0. The zero-order valence-electron chi connectivity index (χ0n) is 20.1. The molecule has 1 fully saturated rings. The van der Waals surface area contributed by atoms with Crippen LogP contribution in [0.3, 0.4) is 0 Å². The van der Waals surface area contributed by atoms with Gasteiger partial charge >= 0.3 is 0 Å². The van der Waals surface area contributed by atoms with Crippen LogP contribution in [0.1, 0.15) is 37.9 Å². The Hall–Kier alpha value is -3.06. The molecule has 4 rings (SSSR count). The van der Waals surface area contributed by atoms with Crippen LogP contribution >= 0.6 is 0 Å². The van der Waals surface area contributed by atoms with E-state index in [1.54, 1.807) is 30.3 Å². The number of hydrogen-bond acceptors (Lipinski definition) is 2. The number of hydrogen-bond donors (Lipinski definition) is 0. The van der Waals surface area contributed by atoms with Gasteiger partial charge in [0.15, 0.2) is 23.2 Å². The van der Waals surface area contributed by atoms with Crippen LogP contribution in [0.25, 0.3) is 22.3 Å². The predicted octanol–water partition coefficient (Wildman–Crippen LogP) is 7.98. The number of allylic oxidation sites excluding steroid dienone is 1. The molecule has 0 bridgehead atoms. The molecule has 0 aliphatic carbocycles. The minimum atomic E-state index is -1.07. The summed E-state index contributed by atoms with van der Waals surface area (Å²) in [6.45, 7) is 2.52. The molecule has 0 aromatic heterocycles. The highest BCUT2D eigenvalue weighted by Crippen LogP contribution is 2.37. The minimum Gasteiger partial charge on any atom is -0.490 e. The van der Waals surface area contributed by atoms with Crippen molar-refractivity contribution in [3.05, 3.63) is 89.5 Å². The Labute approximate surface area is 210 Å². The van der Waals surface area contributed by atoms with E-state index >= 15 is 4.39 Å². The summed E-state index contributed by atoms with van der Waals surface area (Å²) >= 11 is 0. The lowest BCUT2D eigenvalue weighted by Gasteiger charge is -2.29. The molecule has 2 atom stereocenters. The van der Waals surface area contributed by atoms with Gasteiger partial charge in [0.05, 0.1) is 20.6 Å². The summed E-state index contributed by atoms with van der Waals surface area (Å²) in [6.07, 6.45) is 5.68. The van der Waals surface area contributed by atoms with E-state index in [4.69, 9.17) is 17.3 Å². The molecule has 7 heteroatoms. The molecule has 0 saturated carbocycles. The Morgan fingerprint density at radius 1 is 0.861 bits per heavy atom. The first-order valence-corrected chi connectivity index (χ1v) is 12.1. The number of rotatable bonds is 8. The van der Waals surface area contributed by atoms with Crippen LogP contribution in [-0.2, 0) is 4.74 Å². The lowest BCUT2D eigenvalue weighted by atomic mass is 9.85. The first-order chi connectivity index (χ1) is 17.4. The van der Waals surface area contributed by atoms with Gasteiger partial charge in [0, 0.05) is 23.3 Å². The van der Waals surface area contributed by atoms with Gasteiger partial charge in [-0.05, 0) is 55.4 Å². The summed E-state index contributed by atoms with van der Waals surface area (Å²) in [6, 6.07) is 12.1. The molecular weight excluding hydrogens is 467 g/mol. The van der Waals surface area contributed by atoms with Gasteiger partial charge in [0.1, 0.15) is 0 Å². The van der Waals surface area contributed by atoms with E-state index in [1.165, 1.54) is 18.2 Å². The van der Waals surface area contributed by atoms with Crippen LogP contribution in [0.5, 0.6) is 5.75 Å². The van der Waals surface area contributed by atoms with Gasteiger partial charge in [-0.3, -0.25) is 0 Å². The molecule has 2 unspecified atom stereocenters. The molecule has 0 N–H and O–H groups in total. The van der Waals surface area contributed by atoms with E-state index < -0.39 is 29.4 Å². The highest BCUT2D eigenvalue weighted by molar-refractivity contribution is 6.08. The van der Waals surface area contributed by atoms with Crippen molar-refractivity contribution in [2.45, 2.75) is 38.6 Å². The molecule has 1 heterocycles. The average molecular weight is 494 g/mol. The van der Waals surface area contributed by atoms with Gasteiger partial charge in [-0.15, -0.1) is 0 Å². The lowest BCUT2D eigenvalue weighted by molar-refractivity contribution is -0.0142. The summed E-state index contributed by atoms with van der Waals surface area (Å²) in [4.78, 5) is 0. The Balaban J connectivity index is 1.52. The van der Waals surface area contributed by atoms with Gasteiger partial charge in [-0.25, -0.2) is 13.2 Å². The van der Waals surface area contributed by atoms with Gasteiger partial charge in [-0.2, -0.15) is 4.39 Å². The quantitative estimate of drug-likeness (QED) is 0.137. The monoisotopic (exact) mass is 494 g/mol. The third-order valence-electron chi connectivity index (χ3n) is 6.49. The second kappa shape index (κ2) is 11.8. The van der Waals surface area contributed by atoms with Crippen LogP contribution in [-0.4, -0.2) is 21.1 Å². The third kappa shape index (κ3) is 5.51. The van der Waals surface area contributed by atoms with E-state index in [0.29, 0.717) is 36.9 Å². The van der Waals surface area contributed by atoms with E-state index in [1.807, 2.05) is 19.1 Å². The SMILES string of the molecule is [B]CC1CCC(c2ccc(-c3ccc(-c4ccc(OCC/C=C\C)c(F)c4F)cc3)c(F)c2F)OC1. The zero-order chi connectivity index (χ0) is 25.7. The Kier molecular flexibility index (Phi) is 8.52. The second-order valence-corrected chi connectivity index (χ2v) is 8.85. The van der Waals surface area contributed by atoms with E-state index in [0.717, 1.165) is 6.42 Å². The molecule has 0 spiro atoms. The van der Waals surface area contributed by atoms with Crippen molar-refractivity contribution < 1.29 is 27.0 Å². The van der Waals surface area contributed by atoms with E-state index in [-0.39, 0.29) is 35.0 Å². The smallest absolute Gasteiger partial charge is 0.201 e. The number of benzene rings is 3. The molecule has 0 amide bonds. The summed E-state index contributed by atoms with van der Waals surface area (Å²) in [7, 11) is 5.66. The fourth-order valence-corrected chi connectivity index (χ4v) is 4.37. The van der Waals surface area contributed by atoms with Crippen LogP contribution in [0.4, 0.5) is 17.6 Å². The Morgan fingerprint density at radius 2 is 1.50 bits per heavy atom. The van der Waals surface area contributed by atoms with Gasteiger partial charge in [0.25, 0.3) is 0 Å². The molecule has 1 aliphatic heterocycles. The zero-order valence-corrected chi connectivity index (χ0v) is 20.1. The highest BCUT2D eigenvalue weighted by Gasteiger charge is 2.26. The molecule has 1 saturated heterocycles. The van der Waals surface area contributed by atoms with Crippen molar-refractivity contribution in [1.82, 2.24) is 0 Å². The summed E-state index contributed by atoms with van der Waals surface area (Å²) in [5.74, 6) is -3.93. The summed E-state index contributed by atoms with van der Waals surface area (Å²) in [5.41, 5.74) is 1.13. The fourth-order valence-electron chi connectivity index (χ4n) is 4.37. The highest BCUT2D eigenvalue weighted by atomic mass is 19.2. The van der Waals surface area contributed by atoms with Crippen LogP contribution in [0.15, 0.2) is 60.7 Å². The van der Waals surface area contributed by atoms with Crippen molar-refractivity contribution >= 4 is 7.85 Å². The molecule has 36 heavy (non-hydrogen) atoms. The number of halogens is 4. The molecule has 1 aliphatic rings. The van der Waals surface area contributed by atoms with Gasteiger partial charge in [0.2, 0.25) is 5.82 Å². The van der Waals surface area contributed by atoms with Crippen molar-refractivity contribution in [3.63, 3.8) is 0 Å². The van der Waals surface area contributed by atoms with Crippen molar-refractivity contribution in [2.75, 3.05) is 13.2 Å². The van der Waals surface area contributed by atoms with Crippen molar-refractivity contribution in [3.8, 4) is 28.0 Å². The summed E-state index contributed by atoms with van der Waals surface area (Å²) < 4.78 is 70.2. The van der Waals surface area contributed by atoms with E-state index in [9.17, 15) is 13.2 Å². The molecule has 3 aromatic rings. The topological polar surface area (TPSA) is 18.5 Å². The standard InChI is InChI=1S/C29H27BF4O2/c1-2-3-4-15-35-25-14-12-22(27(32)29(25)34)20-8-6-19(7-9-20)21-10-11-23(28(33)26(21)31)24-13-5-18(16-30)17-36-24/h2-3,6-12,14,18,24H,4-5,13,15-17H2,1H3/b3-2-. The Morgan fingerprint density at radius 3 is 2.08 bits per heavy atom. The normalized spacial score (nSPS) is 18.0. The first kappa shape index (κ1) is 26.0. The van der Waals surface area contributed by atoms with E-state index in [2.05, 4.69) is 0 Å². The maximum absolute atomic E-state index is 15.0. The largest absolute Gasteiger partial charge is 0.490 e. The average Bonchev–Trinajstić information content (AvgIpc) is 2.91. The maximum Gasteiger partial charge on any atom is 0.201 e. The molecular formula is C29H27BF4O2. The third-order valence-corrected chi connectivity index (χ3v) is 6.49. The van der Waals surface area contributed by atoms with Gasteiger partial charge < -0.3 is 9.47 Å². The molecule has 186 valence electrons. The summed E-state index contributed by atoms with van der Waals surface area (Å²) in [5, 5.41) is 0.